The van der Waals surface area contributed by atoms with Gasteiger partial charge in [0.1, 0.15) is 4.90 Å². The van der Waals surface area contributed by atoms with Crippen LogP contribution in [0.25, 0.3) is 0 Å². The number of nitrogens with two attached hydrogens (primary N) is 1. The molecule has 100 valence electrons. The molecule has 0 aromatic heterocycles. The molecule has 0 saturated carbocycles. The van der Waals surface area contributed by atoms with Gasteiger partial charge < -0.3 is 5.73 Å². The molecule has 0 bridgehead atoms. The molecule has 2 rings (SSSR count). The fraction of sp³-hybridized carbons (Fsp3) is 0.455. The molecular weight excluding hydrogens is 295 g/mol. The van der Waals surface area contributed by atoms with Crippen LogP contribution in [0.3, 0.4) is 0 Å². The average molecular weight is 309 g/mol. The van der Waals surface area contributed by atoms with Crippen molar-refractivity contribution in [2.24, 2.45) is 11.7 Å². The van der Waals surface area contributed by atoms with E-state index in [1.807, 2.05) is 0 Å². The summed E-state index contributed by atoms with van der Waals surface area (Å²) in [7, 11) is -3.54. The zero-order valence-electron chi connectivity index (χ0n) is 9.64. The molecule has 0 aliphatic carbocycles. The van der Waals surface area contributed by atoms with Gasteiger partial charge >= 0.3 is 0 Å². The lowest BCUT2D eigenvalue weighted by Crippen LogP contribution is -2.30. The number of sulfonamides is 1. The smallest absolute Gasteiger partial charge is 0.244 e. The molecule has 2 N–H and O–H groups in total. The van der Waals surface area contributed by atoms with Crippen LogP contribution in [-0.4, -0.2) is 32.4 Å². The summed E-state index contributed by atoms with van der Waals surface area (Å²) in [6.45, 7) is 1.45. The van der Waals surface area contributed by atoms with Gasteiger partial charge in [0.15, 0.2) is 0 Å². The number of benzene rings is 1. The average Bonchev–Trinajstić information content (AvgIpc) is 2.77. The van der Waals surface area contributed by atoms with E-state index in [9.17, 15) is 8.42 Å². The van der Waals surface area contributed by atoms with E-state index in [2.05, 4.69) is 0 Å². The summed E-state index contributed by atoms with van der Waals surface area (Å²) in [5, 5.41) is 0.568. The van der Waals surface area contributed by atoms with Crippen LogP contribution < -0.4 is 5.73 Å². The summed E-state index contributed by atoms with van der Waals surface area (Å²) < 4.78 is 26.2. The van der Waals surface area contributed by atoms with Crippen molar-refractivity contribution in [1.29, 1.82) is 0 Å². The molecule has 1 atom stereocenters. The highest BCUT2D eigenvalue weighted by Crippen LogP contribution is 2.30. The number of rotatable bonds is 3. The molecule has 1 fully saturated rings. The molecule has 1 saturated heterocycles. The minimum atomic E-state index is -3.54. The van der Waals surface area contributed by atoms with Crippen LogP contribution in [0.5, 0.6) is 0 Å². The highest BCUT2D eigenvalue weighted by atomic mass is 35.5. The molecule has 7 heteroatoms. The second-order valence-corrected chi connectivity index (χ2v) is 7.08. The third-order valence-electron chi connectivity index (χ3n) is 3.09. The molecule has 1 aromatic rings. The Labute approximate surface area is 117 Å². The number of nitrogens with zero attached hydrogens (tertiary/aromatic N) is 1. The zero-order chi connectivity index (χ0) is 13.3. The fourth-order valence-electron chi connectivity index (χ4n) is 2.03. The molecular formula is C11H14Cl2N2O2S. The molecule has 1 aromatic carbocycles. The summed E-state index contributed by atoms with van der Waals surface area (Å²) in [6.07, 6.45) is 0.793. The monoisotopic (exact) mass is 308 g/mol. The van der Waals surface area contributed by atoms with Crippen LogP contribution in [-0.2, 0) is 10.0 Å². The van der Waals surface area contributed by atoms with E-state index >= 15 is 0 Å². The van der Waals surface area contributed by atoms with Crippen molar-refractivity contribution in [2.45, 2.75) is 11.3 Å². The lowest BCUT2D eigenvalue weighted by molar-refractivity contribution is 0.459. The van der Waals surface area contributed by atoms with E-state index < -0.39 is 10.0 Å². The van der Waals surface area contributed by atoms with Gasteiger partial charge in [0.2, 0.25) is 10.0 Å². The van der Waals surface area contributed by atoms with Crippen molar-refractivity contribution in [2.75, 3.05) is 19.6 Å². The van der Waals surface area contributed by atoms with Crippen LogP contribution in [0.15, 0.2) is 23.1 Å². The molecule has 1 aliphatic rings. The highest BCUT2D eigenvalue weighted by molar-refractivity contribution is 7.89. The van der Waals surface area contributed by atoms with Crippen molar-refractivity contribution < 1.29 is 8.42 Å². The zero-order valence-corrected chi connectivity index (χ0v) is 12.0. The quantitative estimate of drug-likeness (QED) is 0.928. The van der Waals surface area contributed by atoms with Gasteiger partial charge in [-0.15, -0.1) is 0 Å². The van der Waals surface area contributed by atoms with Gasteiger partial charge in [0.25, 0.3) is 0 Å². The minimum Gasteiger partial charge on any atom is -0.330 e. The van der Waals surface area contributed by atoms with E-state index in [4.69, 9.17) is 28.9 Å². The van der Waals surface area contributed by atoms with Crippen LogP contribution in [0, 0.1) is 5.92 Å². The minimum absolute atomic E-state index is 0.103. The van der Waals surface area contributed by atoms with E-state index in [-0.39, 0.29) is 15.8 Å². The first-order chi connectivity index (χ1) is 8.45. The van der Waals surface area contributed by atoms with Crippen LogP contribution in [0.1, 0.15) is 6.42 Å². The second kappa shape index (κ2) is 5.35. The topological polar surface area (TPSA) is 63.4 Å². The largest absolute Gasteiger partial charge is 0.330 e. The van der Waals surface area contributed by atoms with E-state index in [0.717, 1.165) is 6.42 Å². The Bertz CT molecular complexity index is 548. The predicted molar refractivity (Wildman–Crippen MR) is 72.4 cm³/mol. The summed E-state index contributed by atoms with van der Waals surface area (Å²) in [5.41, 5.74) is 5.56. The van der Waals surface area contributed by atoms with Gasteiger partial charge in [0.05, 0.1) is 5.02 Å². The third kappa shape index (κ3) is 2.65. The van der Waals surface area contributed by atoms with Crippen molar-refractivity contribution >= 4 is 33.2 Å². The van der Waals surface area contributed by atoms with Gasteiger partial charge in [-0.2, -0.15) is 4.31 Å². The Balaban J connectivity index is 2.31. The number of hydrogen-bond donors (Lipinski definition) is 1. The first kappa shape index (κ1) is 14.1. The maximum absolute atomic E-state index is 12.4. The van der Waals surface area contributed by atoms with Crippen LogP contribution in [0.4, 0.5) is 0 Å². The summed E-state index contributed by atoms with van der Waals surface area (Å²) in [6, 6.07) is 4.40. The van der Waals surface area contributed by atoms with Gasteiger partial charge in [-0.25, -0.2) is 8.42 Å². The standard InChI is InChI=1S/C11H14Cl2N2O2S/c12-9-1-2-11(10(13)5-9)18(16,17)15-4-3-8(6-14)7-15/h1-2,5,8H,3-4,6-7,14H2. The van der Waals surface area contributed by atoms with E-state index in [1.165, 1.54) is 22.5 Å². The Morgan fingerprint density at radius 1 is 1.39 bits per heavy atom. The predicted octanol–water partition coefficient (Wildman–Crippen LogP) is 1.96. The maximum Gasteiger partial charge on any atom is 0.244 e. The Hall–Kier alpha value is -0.330. The lowest BCUT2D eigenvalue weighted by Gasteiger charge is -2.17. The molecule has 0 amide bonds. The molecule has 18 heavy (non-hydrogen) atoms. The Morgan fingerprint density at radius 2 is 2.11 bits per heavy atom. The SMILES string of the molecule is NCC1CCN(S(=O)(=O)c2ccc(Cl)cc2Cl)C1. The van der Waals surface area contributed by atoms with Gasteiger partial charge in [0, 0.05) is 18.1 Å². The van der Waals surface area contributed by atoms with E-state index in [0.29, 0.717) is 24.7 Å². The summed E-state index contributed by atoms with van der Waals surface area (Å²) in [5.74, 6) is 0.228. The molecule has 1 heterocycles. The third-order valence-corrected chi connectivity index (χ3v) is 5.68. The van der Waals surface area contributed by atoms with Crippen LogP contribution in [0.2, 0.25) is 10.0 Å². The first-order valence-electron chi connectivity index (χ1n) is 5.60. The van der Waals surface area contributed by atoms with Crippen LogP contribution >= 0.6 is 23.2 Å². The normalized spacial score (nSPS) is 21.4. The number of hydrogen-bond acceptors (Lipinski definition) is 3. The molecule has 0 radical (unpaired) electrons. The summed E-state index contributed by atoms with van der Waals surface area (Å²) in [4.78, 5) is 0.103. The van der Waals surface area contributed by atoms with Crippen molar-refractivity contribution in [3.63, 3.8) is 0 Å². The Morgan fingerprint density at radius 3 is 2.67 bits per heavy atom. The van der Waals surface area contributed by atoms with Crippen molar-refractivity contribution in [3.05, 3.63) is 28.2 Å². The van der Waals surface area contributed by atoms with Crippen molar-refractivity contribution in [1.82, 2.24) is 4.31 Å². The highest BCUT2D eigenvalue weighted by Gasteiger charge is 2.33. The second-order valence-electron chi connectivity index (χ2n) is 4.33. The fourth-order valence-corrected chi connectivity index (χ4v) is 4.31. The molecule has 1 aliphatic heterocycles. The van der Waals surface area contributed by atoms with E-state index in [1.54, 1.807) is 0 Å². The first-order valence-corrected chi connectivity index (χ1v) is 7.80. The van der Waals surface area contributed by atoms with Gasteiger partial charge in [-0.3, -0.25) is 0 Å². The Kier molecular flexibility index (Phi) is 4.18. The maximum atomic E-state index is 12.4. The van der Waals surface area contributed by atoms with Crippen molar-refractivity contribution in [3.8, 4) is 0 Å². The van der Waals surface area contributed by atoms with Gasteiger partial charge in [-0.1, -0.05) is 23.2 Å². The summed E-state index contributed by atoms with van der Waals surface area (Å²) >= 11 is 11.7. The molecule has 0 spiro atoms. The number of halogens is 2. The molecule has 1 unspecified atom stereocenters. The lowest BCUT2D eigenvalue weighted by atomic mass is 10.1. The molecule has 4 nitrogen and oxygen atoms in total. The van der Waals surface area contributed by atoms with Gasteiger partial charge in [-0.05, 0) is 37.1 Å².